The number of pyridine rings is 1. The van der Waals surface area contributed by atoms with Gasteiger partial charge in [0.2, 0.25) is 0 Å². The SMILES string of the molecule is CCC(=O)OC.N=C1CN=C(c2ccccn2)c2cc(Cl)ccc2N1C(=N)C1CC1. The summed E-state index contributed by atoms with van der Waals surface area (Å²) in [6.07, 6.45) is 4.22. The van der Waals surface area contributed by atoms with E-state index in [9.17, 15) is 4.79 Å². The van der Waals surface area contributed by atoms with Crippen LogP contribution in [-0.2, 0) is 9.53 Å². The number of esters is 1. The number of methoxy groups -OCH3 is 1. The Morgan fingerprint density at radius 3 is 2.63 bits per heavy atom. The zero-order chi connectivity index (χ0) is 21.7. The molecule has 30 heavy (non-hydrogen) atoms. The van der Waals surface area contributed by atoms with Crippen LogP contribution in [0.4, 0.5) is 5.69 Å². The lowest BCUT2D eigenvalue weighted by Gasteiger charge is -2.25. The average molecular weight is 426 g/mol. The number of nitrogens with one attached hydrogen (secondary N) is 2. The van der Waals surface area contributed by atoms with Crippen molar-refractivity contribution in [2.75, 3.05) is 18.6 Å². The third-order valence-corrected chi connectivity index (χ3v) is 4.98. The number of rotatable bonds is 3. The lowest BCUT2D eigenvalue weighted by Crippen LogP contribution is -2.38. The maximum absolute atomic E-state index is 9.96. The molecule has 0 saturated heterocycles. The molecule has 1 aromatic heterocycles. The van der Waals surface area contributed by atoms with Gasteiger partial charge in [-0.3, -0.25) is 30.5 Å². The standard InChI is InChI=1S/C18H16ClN5.C4H8O2/c19-12-6-7-15-13(9-12)17(14-3-1-2-8-22-14)23-10-16(20)24(15)18(21)11-4-5-11;1-3-4(5)6-2/h1-3,6-9,11,20-21H,4-5,10H2;3H2,1-2H3. The summed E-state index contributed by atoms with van der Waals surface area (Å²) >= 11 is 6.22. The van der Waals surface area contributed by atoms with E-state index in [0.29, 0.717) is 28.8 Å². The van der Waals surface area contributed by atoms with Crippen molar-refractivity contribution in [3.63, 3.8) is 0 Å². The van der Waals surface area contributed by atoms with Crippen molar-refractivity contribution < 1.29 is 9.53 Å². The van der Waals surface area contributed by atoms with Crippen LogP contribution in [0.1, 0.15) is 37.4 Å². The highest BCUT2D eigenvalue weighted by atomic mass is 35.5. The predicted octanol–water partition coefficient (Wildman–Crippen LogP) is 4.33. The highest BCUT2D eigenvalue weighted by molar-refractivity contribution is 6.32. The maximum Gasteiger partial charge on any atom is 0.305 e. The molecule has 0 amide bonds. The van der Waals surface area contributed by atoms with Gasteiger partial charge >= 0.3 is 5.97 Å². The number of aliphatic imine (C=N–C) groups is 1. The maximum atomic E-state index is 9.96. The van der Waals surface area contributed by atoms with Crippen molar-refractivity contribution in [2.45, 2.75) is 26.2 Å². The van der Waals surface area contributed by atoms with Gasteiger partial charge in [0.15, 0.2) is 0 Å². The van der Waals surface area contributed by atoms with Gasteiger partial charge in [-0.1, -0.05) is 24.6 Å². The van der Waals surface area contributed by atoms with E-state index in [0.717, 1.165) is 29.8 Å². The molecule has 2 aromatic rings. The van der Waals surface area contributed by atoms with Gasteiger partial charge in [0.1, 0.15) is 11.7 Å². The predicted molar refractivity (Wildman–Crippen MR) is 119 cm³/mol. The van der Waals surface area contributed by atoms with E-state index in [1.165, 1.54) is 7.11 Å². The second kappa shape index (κ2) is 9.63. The highest BCUT2D eigenvalue weighted by Gasteiger charge is 2.35. The van der Waals surface area contributed by atoms with E-state index in [1.807, 2.05) is 30.3 Å². The van der Waals surface area contributed by atoms with Gasteiger partial charge in [-0.25, -0.2) is 0 Å². The van der Waals surface area contributed by atoms with Crippen molar-refractivity contribution in [1.29, 1.82) is 10.8 Å². The second-order valence-corrected chi connectivity index (χ2v) is 7.35. The van der Waals surface area contributed by atoms with Gasteiger partial charge in [0, 0.05) is 29.1 Å². The number of hydrogen-bond acceptors (Lipinski definition) is 6. The normalized spacial score (nSPS) is 15.2. The Kier molecular flexibility index (Phi) is 6.95. The number of ether oxygens (including phenoxy) is 1. The summed E-state index contributed by atoms with van der Waals surface area (Å²) in [4.78, 5) is 20.7. The molecule has 2 aliphatic rings. The lowest BCUT2D eigenvalue weighted by molar-refractivity contribution is -0.140. The van der Waals surface area contributed by atoms with E-state index >= 15 is 0 Å². The fraction of sp³-hybridized carbons (Fsp3) is 0.318. The molecule has 1 aromatic carbocycles. The zero-order valence-corrected chi connectivity index (χ0v) is 17.7. The van der Waals surface area contributed by atoms with Gasteiger partial charge in [-0.2, -0.15) is 0 Å². The number of hydrogen-bond donors (Lipinski definition) is 2. The number of anilines is 1. The van der Waals surface area contributed by atoms with Gasteiger partial charge < -0.3 is 4.74 Å². The minimum Gasteiger partial charge on any atom is -0.469 e. The van der Waals surface area contributed by atoms with Gasteiger partial charge in [0.25, 0.3) is 0 Å². The second-order valence-electron chi connectivity index (χ2n) is 6.91. The molecule has 1 fully saturated rings. The van der Waals surface area contributed by atoms with Crippen molar-refractivity contribution in [3.8, 4) is 0 Å². The van der Waals surface area contributed by atoms with E-state index in [1.54, 1.807) is 24.1 Å². The number of benzodiazepines with no additional fused rings is 1. The summed E-state index contributed by atoms with van der Waals surface area (Å²) < 4.78 is 4.26. The summed E-state index contributed by atoms with van der Waals surface area (Å²) in [6.45, 7) is 1.97. The smallest absolute Gasteiger partial charge is 0.305 e. The van der Waals surface area contributed by atoms with Crippen LogP contribution in [0, 0.1) is 16.7 Å². The van der Waals surface area contributed by atoms with Crippen molar-refractivity contribution in [2.24, 2.45) is 10.9 Å². The summed E-state index contributed by atoms with van der Waals surface area (Å²) in [5, 5.41) is 17.5. The first-order chi connectivity index (χ1) is 14.5. The molecular weight excluding hydrogens is 402 g/mol. The van der Waals surface area contributed by atoms with Crippen LogP contribution in [0.5, 0.6) is 0 Å². The molecular formula is C22H24ClN5O2. The van der Waals surface area contributed by atoms with Gasteiger partial charge in [-0.05, 0) is 43.2 Å². The Labute approximate surface area is 180 Å². The number of amidine groups is 2. The molecule has 0 radical (unpaired) electrons. The van der Waals surface area contributed by atoms with Crippen molar-refractivity contribution in [3.05, 3.63) is 58.9 Å². The topological polar surface area (TPSA) is 102 Å². The molecule has 1 saturated carbocycles. The monoisotopic (exact) mass is 425 g/mol. The van der Waals surface area contributed by atoms with Crippen LogP contribution in [0.3, 0.4) is 0 Å². The molecule has 1 aliphatic heterocycles. The van der Waals surface area contributed by atoms with E-state index in [-0.39, 0.29) is 18.4 Å². The first-order valence-corrected chi connectivity index (χ1v) is 10.1. The highest BCUT2D eigenvalue weighted by Crippen LogP contribution is 2.36. The van der Waals surface area contributed by atoms with Crippen LogP contribution in [0.25, 0.3) is 0 Å². The number of carbonyl (C=O) groups excluding carboxylic acids is 1. The lowest BCUT2D eigenvalue weighted by atomic mass is 10.0. The summed E-state index contributed by atoms with van der Waals surface area (Å²) in [6, 6.07) is 11.2. The zero-order valence-electron chi connectivity index (χ0n) is 17.0. The number of benzene rings is 1. The third kappa shape index (κ3) is 4.91. The molecule has 2 heterocycles. The first-order valence-electron chi connectivity index (χ1n) is 9.74. The van der Waals surface area contributed by atoms with Crippen molar-refractivity contribution in [1.82, 2.24) is 4.98 Å². The quantitative estimate of drug-likeness (QED) is 0.434. The minimum absolute atomic E-state index is 0.157. The largest absolute Gasteiger partial charge is 0.469 e. The van der Waals surface area contributed by atoms with Gasteiger partial charge in [0.05, 0.1) is 30.7 Å². The van der Waals surface area contributed by atoms with Gasteiger partial charge in [-0.15, -0.1) is 0 Å². The molecule has 7 nitrogen and oxygen atoms in total. The minimum atomic E-state index is -0.157. The number of aromatic nitrogens is 1. The molecule has 4 rings (SSSR count). The van der Waals surface area contributed by atoms with E-state index in [4.69, 9.17) is 22.4 Å². The molecule has 0 bridgehead atoms. The number of nitrogens with zero attached hydrogens (tertiary/aromatic N) is 3. The van der Waals surface area contributed by atoms with Crippen LogP contribution in [-0.4, -0.2) is 42.0 Å². The summed E-state index contributed by atoms with van der Waals surface area (Å²) in [5.74, 6) is 0.864. The Balaban J connectivity index is 0.000000377. The van der Waals surface area contributed by atoms with Crippen LogP contribution >= 0.6 is 11.6 Å². The average Bonchev–Trinajstić information content (AvgIpc) is 3.61. The third-order valence-electron chi connectivity index (χ3n) is 4.74. The first kappa shape index (κ1) is 21.6. The Hall–Kier alpha value is -3.06. The molecule has 0 spiro atoms. The Bertz CT molecular complexity index is 980. The fourth-order valence-corrected chi connectivity index (χ4v) is 3.20. The Morgan fingerprint density at radius 1 is 1.30 bits per heavy atom. The summed E-state index contributed by atoms with van der Waals surface area (Å²) in [5.41, 5.74) is 3.05. The number of halogens is 1. The number of carbonyl (C=O) groups is 1. The van der Waals surface area contributed by atoms with E-state index in [2.05, 4.69) is 14.7 Å². The Morgan fingerprint density at radius 2 is 2.07 bits per heavy atom. The molecule has 0 atom stereocenters. The number of fused-ring (bicyclic) bond motifs is 1. The molecule has 8 heteroatoms. The molecule has 156 valence electrons. The molecule has 2 N–H and O–H groups in total. The van der Waals surface area contributed by atoms with Crippen molar-refractivity contribution >= 4 is 40.6 Å². The van der Waals surface area contributed by atoms with E-state index < -0.39 is 0 Å². The fourth-order valence-electron chi connectivity index (χ4n) is 3.03. The van der Waals surface area contributed by atoms with Crippen LogP contribution in [0.2, 0.25) is 5.02 Å². The molecule has 1 aliphatic carbocycles. The summed E-state index contributed by atoms with van der Waals surface area (Å²) in [7, 11) is 1.38. The van der Waals surface area contributed by atoms with Crippen LogP contribution in [0.15, 0.2) is 47.6 Å². The molecule has 0 unspecified atom stereocenters. The van der Waals surface area contributed by atoms with Crippen LogP contribution < -0.4 is 4.90 Å².